The molecule has 1 saturated heterocycles. The number of piperidine rings is 1. The molecule has 5 nitrogen and oxygen atoms in total. The largest absolute Gasteiger partial charge is 0.359 e. The Morgan fingerprint density at radius 1 is 1.24 bits per heavy atom. The first kappa shape index (κ1) is 15.5. The van der Waals surface area contributed by atoms with Gasteiger partial charge >= 0.3 is 0 Å². The molecule has 5 heteroatoms. The van der Waals surface area contributed by atoms with Crippen LogP contribution in [0.4, 0.5) is 5.69 Å². The third kappa shape index (κ3) is 3.82. The third-order valence-corrected chi connectivity index (χ3v) is 4.15. The summed E-state index contributed by atoms with van der Waals surface area (Å²) in [5, 5.41) is 8.88. The standard InChI is InChI=1S/C16H23N3O2/c1-16(7-9-18-10-8-16)15(21)19-13-6-4-3-5-12(13)11-14(20)17-2/h3-6,18H,7-11H2,1-2H3,(H,17,20)(H,19,21). The van der Waals surface area contributed by atoms with Crippen molar-refractivity contribution in [2.24, 2.45) is 5.41 Å². The zero-order chi connectivity index (χ0) is 15.3. The molecule has 21 heavy (non-hydrogen) atoms. The molecule has 1 aromatic carbocycles. The topological polar surface area (TPSA) is 70.2 Å². The highest BCUT2D eigenvalue weighted by atomic mass is 16.2. The van der Waals surface area contributed by atoms with Crippen molar-refractivity contribution in [1.82, 2.24) is 10.6 Å². The summed E-state index contributed by atoms with van der Waals surface area (Å²) in [5.41, 5.74) is 1.22. The molecule has 1 aromatic rings. The van der Waals surface area contributed by atoms with Crippen LogP contribution in [0.3, 0.4) is 0 Å². The lowest BCUT2D eigenvalue weighted by Gasteiger charge is -2.32. The van der Waals surface area contributed by atoms with E-state index in [4.69, 9.17) is 0 Å². The van der Waals surface area contributed by atoms with Gasteiger partial charge in [-0.15, -0.1) is 0 Å². The molecule has 0 spiro atoms. The van der Waals surface area contributed by atoms with E-state index < -0.39 is 0 Å². The monoisotopic (exact) mass is 289 g/mol. The van der Waals surface area contributed by atoms with E-state index in [1.807, 2.05) is 31.2 Å². The molecule has 0 bridgehead atoms. The number of hydrogen-bond acceptors (Lipinski definition) is 3. The van der Waals surface area contributed by atoms with Crippen molar-refractivity contribution in [2.75, 3.05) is 25.5 Å². The van der Waals surface area contributed by atoms with Crippen LogP contribution in [-0.4, -0.2) is 32.0 Å². The minimum Gasteiger partial charge on any atom is -0.359 e. The van der Waals surface area contributed by atoms with E-state index >= 15 is 0 Å². The molecule has 2 rings (SSSR count). The average Bonchev–Trinajstić information content (AvgIpc) is 2.49. The highest BCUT2D eigenvalue weighted by Crippen LogP contribution is 2.30. The Bertz CT molecular complexity index is 522. The molecule has 3 N–H and O–H groups in total. The van der Waals surface area contributed by atoms with Crippen LogP contribution < -0.4 is 16.0 Å². The molecule has 1 aliphatic rings. The summed E-state index contributed by atoms with van der Waals surface area (Å²) in [6, 6.07) is 7.46. The highest BCUT2D eigenvalue weighted by molar-refractivity contribution is 5.96. The fourth-order valence-corrected chi connectivity index (χ4v) is 2.54. The second-order valence-corrected chi connectivity index (χ2v) is 5.77. The van der Waals surface area contributed by atoms with Crippen LogP contribution in [0.25, 0.3) is 0 Å². The molecular weight excluding hydrogens is 266 g/mol. The Morgan fingerprint density at radius 3 is 2.57 bits per heavy atom. The minimum atomic E-state index is -0.342. The number of amides is 2. The molecule has 1 fully saturated rings. The van der Waals surface area contributed by atoms with Crippen LogP contribution in [0, 0.1) is 5.41 Å². The Labute approximate surface area is 125 Å². The summed E-state index contributed by atoms with van der Waals surface area (Å²) in [6.07, 6.45) is 1.93. The lowest BCUT2D eigenvalue weighted by molar-refractivity contribution is -0.126. The number of benzene rings is 1. The first-order valence-electron chi connectivity index (χ1n) is 7.36. The van der Waals surface area contributed by atoms with Gasteiger partial charge in [0.2, 0.25) is 11.8 Å². The van der Waals surface area contributed by atoms with E-state index in [-0.39, 0.29) is 23.7 Å². The molecule has 2 amide bonds. The lowest BCUT2D eigenvalue weighted by Crippen LogP contribution is -2.43. The summed E-state index contributed by atoms with van der Waals surface area (Å²) in [5.74, 6) is -0.0295. The van der Waals surface area contributed by atoms with Crippen LogP contribution in [-0.2, 0) is 16.0 Å². The van der Waals surface area contributed by atoms with Gasteiger partial charge in [0.1, 0.15) is 0 Å². The molecule has 0 saturated carbocycles. The van der Waals surface area contributed by atoms with Crippen molar-refractivity contribution in [2.45, 2.75) is 26.2 Å². The Balaban J connectivity index is 2.11. The van der Waals surface area contributed by atoms with Crippen molar-refractivity contribution in [3.8, 4) is 0 Å². The maximum absolute atomic E-state index is 12.6. The number of nitrogens with one attached hydrogen (secondary N) is 3. The fraction of sp³-hybridized carbons (Fsp3) is 0.500. The maximum Gasteiger partial charge on any atom is 0.230 e. The molecule has 1 aliphatic heterocycles. The number of para-hydroxylation sites is 1. The van der Waals surface area contributed by atoms with Crippen LogP contribution in [0.5, 0.6) is 0 Å². The molecule has 1 heterocycles. The summed E-state index contributed by atoms with van der Waals surface area (Å²) in [6.45, 7) is 3.73. The number of likely N-dealkylation sites (N-methyl/N-ethyl adjacent to an activating group) is 1. The maximum atomic E-state index is 12.6. The number of anilines is 1. The van der Waals surface area contributed by atoms with Gasteiger partial charge in [0, 0.05) is 18.2 Å². The predicted octanol–water partition coefficient (Wildman–Crippen LogP) is 1.30. The summed E-state index contributed by atoms with van der Waals surface area (Å²) >= 11 is 0. The number of hydrogen-bond donors (Lipinski definition) is 3. The number of carbonyl (C=O) groups excluding carboxylic acids is 2. The van der Waals surface area contributed by atoms with E-state index in [0.29, 0.717) is 0 Å². The van der Waals surface area contributed by atoms with Crippen molar-refractivity contribution >= 4 is 17.5 Å². The first-order chi connectivity index (χ1) is 10.0. The van der Waals surface area contributed by atoms with Crippen LogP contribution in [0.1, 0.15) is 25.3 Å². The first-order valence-corrected chi connectivity index (χ1v) is 7.36. The van der Waals surface area contributed by atoms with E-state index in [1.165, 1.54) is 0 Å². The van der Waals surface area contributed by atoms with Crippen LogP contribution in [0.2, 0.25) is 0 Å². The molecule has 114 valence electrons. The van der Waals surface area contributed by atoms with Gasteiger partial charge in [0.25, 0.3) is 0 Å². The second-order valence-electron chi connectivity index (χ2n) is 5.77. The number of rotatable bonds is 4. The fourth-order valence-electron chi connectivity index (χ4n) is 2.54. The average molecular weight is 289 g/mol. The molecular formula is C16H23N3O2. The third-order valence-electron chi connectivity index (χ3n) is 4.15. The Hall–Kier alpha value is -1.88. The van der Waals surface area contributed by atoms with Gasteiger partial charge in [-0.25, -0.2) is 0 Å². The van der Waals surface area contributed by atoms with Gasteiger partial charge in [-0.3, -0.25) is 9.59 Å². The lowest BCUT2D eigenvalue weighted by atomic mass is 9.80. The van der Waals surface area contributed by atoms with Gasteiger partial charge in [0.15, 0.2) is 0 Å². The molecule has 0 atom stereocenters. The highest BCUT2D eigenvalue weighted by Gasteiger charge is 2.34. The Kier molecular flexibility index (Phi) is 4.96. The van der Waals surface area contributed by atoms with Gasteiger partial charge in [-0.2, -0.15) is 0 Å². The zero-order valence-electron chi connectivity index (χ0n) is 12.7. The van der Waals surface area contributed by atoms with Crippen molar-refractivity contribution in [3.05, 3.63) is 29.8 Å². The molecule has 0 aromatic heterocycles. The van der Waals surface area contributed by atoms with E-state index in [1.54, 1.807) is 7.05 Å². The van der Waals surface area contributed by atoms with Gasteiger partial charge in [-0.1, -0.05) is 25.1 Å². The van der Waals surface area contributed by atoms with Gasteiger partial charge in [0.05, 0.1) is 6.42 Å². The van der Waals surface area contributed by atoms with E-state index in [9.17, 15) is 9.59 Å². The molecule has 0 aliphatic carbocycles. The molecule has 0 radical (unpaired) electrons. The molecule has 0 unspecified atom stereocenters. The zero-order valence-corrected chi connectivity index (χ0v) is 12.7. The Morgan fingerprint density at radius 2 is 1.90 bits per heavy atom. The normalized spacial score (nSPS) is 17.0. The number of carbonyl (C=O) groups is 2. The smallest absolute Gasteiger partial charge is 0.230 e. The van der Waals surface area contributed by atoms with Crippen molar-refractivity contribution in [3.63, 3.8) is 0 Å². The van der Waals surface area contributed by atoms with Gasteiger partial charge in [-0.05, 0) is 37.6 Å². The SMILES string of the molecule is CNC(=O)Cc1ccccc1NC(=O)C1(C)CCNCC1. The summed E-state index contributed by atoms with van der Waals surface area (Å²) in [4.78, 5) is 24.1. The quantitative estimate of drug-likeness (QED) is 0.782. The predicted molar refractivity (Wildman–Crippen MR) is 83.1 cm³/mol. The second kappa shape index (κ2) is 6.72. The minimum absolute atomic E-state index is 0.0355. The van der Waals surface area contributed by atoms with Crippen LogP contribution >= 0.6 is 0 Å². The van der Waals surface area contributed by atoms with Crippen molar-refractivity contribution < 1.29 is 9.59 Å². The summed E-state index contributed by atoms with van der Waals surface area (Å²) < 4.78 is 0. The summed E-state index contributed by atoms with van der Waals surface area (Å²) in [7, 11) is 1.61. The van der Waals surface area contributed by atoms with Crippen molar-refractivity contribution in [1.29, 1.82) is 0 Å². The van der Waals surface area contributed by atoms with Crippen LogP contribution in [0.15, 0.2) is 24.3 Å². The van der Waals surface area contributed by atoms with Gasteiger partial charge < -0.3 is 16.0 Å². The van der Waals surface area contributed by atoms with E-state index in [0.717, 1.165) is 37.2 Å². The van der Waals surface area contributed by atoms with E-state index in [2.05, 4.69) is 16.0 Å².